The van der Waals surface area contributed by atoms with E-state index in [0.29, 0.717) is 10.8 Å². The molecule has 0 saturated carbocycles. The van der Waals surface area contributed by atoms with Crippen molar-refractivity contribution < 1.29 is 9.13 Å². The Labute approximate surface area is 131 Å². The molecule has 1 atom stereocenters. The fraction of sp³-hybridized carbons (Fsp3) is 0.538. The fourth-order valence-corrected chi connectivity index (χ4v) is 3.15. The number of non-ortho nitro benzene ring substituents is 1. The third-order valence-corrected chi connectivity index (χ3v) is 4.61. The number of anilines is 1. The molecule has 116 valence electrons. The summed E-state index contributed by atoms with van der Waals surface area (Å²) in [7, 11) is -0.763. The third kappa shape index (κ3) is 4.39. The summed E-state index contributed by atoms with van der Waals surface area (Å²) in [5.74, 6) is 0.693. The molecule has 0 N–H and O–H groups in total. The standard InChI is InChI=1S/C13H18ClN3O3S/c1-21(20)9-8-15-4-6-16(7-5-15)13-3-2-11(17(18)19)10-12(13)14/h2-3,10H,4-9H2,1H3. The minimum atomic E-state index is -0.763. The van der Waals surface area contributed by atoms with E-state index in [9.17, 15) is 14.3 Å². The molecule has 6 nitrogen and oxygen atoms in total. The van der Waals surface area contributed by atoms with E-state index in [1.165, 1.54) is 12.1 Å². The van der Waals surface area contributed by atoms with Gasteiger partial charge in [0, 0.05) is 67.7 Å². The van der Waals surface area contributed by atoms with Gasteiger partial charge in [0.05, 0.1) is 15.6 Å². The molecule has 0 radical (unpaired) electrons. The molecule has 2 rings (SSSR count). The molecule has 1 heterocycles. The molecule has 1 unspecified atom stereocenters. The molecule has 0 amide bonds. The summed E-state index contributed by atoms with van der Waals surface area (Å²) in [5.41, 5.74) is 0.841. The summed E-state index contributed by atoms with van der Waals surface area (Å²) in [6.45, 7) is 4.22. The lowest BCUT2D eigenvalue weighted by atomic mass is 10.2. The molecule has 0 spiro atoms. The van der Waals surface area contributed by atoms with E-state index in [0.717, 1.165) is 38.4 Å². The van der Waals surface area contributed by atoms with Crippen LogP contribution in [-0.2, 0) is 10.8 Å². The van der Waals surface area contributed by atoms with Gasteiger partial charge in [-0.15, -0.1) is 0 Å². The molecule has 1 aromatic carbocycles. The van der Waals surface area contributed by atoms with E-state index >= 15 is 0 Å². The van der Waals surface area contributed by atoms with Gasteiger partial charge in [-0.3, -0.25) is 19.2 Å². The van der Waals surface area contributed by atoms with Gasteiger partial charge < -0.3 is 4.90 Å². The van der Waals surface area contributed by atoms with Gasteiger partial charge in [-0.1, -0.05) is 11.6 Å². The normalized spacial score (nSPS) is 17.7. The Kier molecular flexibility index (Phi) is 5.55. The number of rotatable bonds is 5. The lowest BCUT2D eigenvalue weighted by Crippen LogP contribution is -2.47. The number of hydrogen-bond acceptors (Lipinski definition) is 5. The first-order valence-corrected chi connectivity index (χ1v) is 8.79. The van der Waals surface area contributed by atoms with Crippen LogP contribution in [0.1, 0.15) is 0 Å². The molecule has 8 heteroatoms. The predicted octanol–water partition coefficient (Wildman–Crippen LogP) is 1.75. The van der Waals surface area contributed by atoms with Gasteiger partial charge in [-0.2, -0.15) is 0 Å². The van der Waals surface area contributed by atoms with Gasteiger partial charge in [-0.25, -0.2) is 0 Å². The molecule has 0 aliphatic carbocycles. The highest BCUT2D eigenvalue weighted by molar-refractivity contribution is 7.84. The van der Waals surface area contributed by atoms with Gasteiger partial charge in [0.15, 0.2) is 0 Å². The van der Waals surface area contributed by atoms with Crippen molar-refractivity contribution in [3.63, 3.8) is 0 Å². The number of hydrogen-bond donors (Lipinski definition) is 0. The summed E-state index contributed by atoms with van der Waals surface area (Å²) < 4.78 is 11.1. The van der Waals surface area contributed by atoms with Gasteiger partial charge >= 0.3 is 0 Å². The van der Waals surface area contributed by atoms with Crippen LogP contribution in [0.5, 0.6) is 0 Å². The second-order valence-corrected chi connectivity index (χ2v) is 6.96. The first-order valence-electron chi connectivity index (χ1n) is 6.68. The number of nitro benzene ring substituents is 1. The Bertz CT molecular complexity index is 547. The first kappa shape index (κ1) is 16.2. The highest BCUT2D eigenvalue weighted by Crippen LogP contribution is 2.30. The highest BCUT2D eigenvalue weighted by atomic mass is 35.5. The maximum Gasteiger partial charge on any atom is 0.271 e. The summed E-state index contributed by atoms with van der Waals surface area (Å²) in [4.78, 5) is 14.7. The van der Waals surface area contributed by atoms with Crippen LogP contribution in [0.15, 0.2) is 18.2 Å². The maximum absolute atomic E-state index is 11.1. The van der Waals surface area contributed by atoms with Crippen molar-refractivity contribution in [1.29, 1.82) is 0 Å². The Hall–Kier alpha value is -1.18. The topological polar surface area (TPSA) is 66.7 Å². The zero-order chi connectivity index (χ0) is 15.4. The van der Waals surface area contributed by atoms with Crippen molar-refractivity contribution in [3.8, 4) is 0 Å². The SMILES string of the molecule is CS(=O)CCN1CCN(c2ccc([N+](=O)[O-])cc2Cl)CC1. The fourth-order valence-electron chi connectivity index (χ4n) is 2.34. The van der Waals surface area contributed by atoms with Crippen LogP contribution in [0.4, 0.5) is 11.4 Å². The zero-order valence-corrected chi connectivity index (χ0v) is 13.4. The molecule has 0 aromatic heterocycles. The molecule has 0 bridgehead atoms. The zero-order valence-electron chi connectivity index (χ0n) is 11.8. The molecule has 1 aromatic rings. The highest BCUT2D eigenvalue weighted by Gasteiger charge is 2.20. The van der Waals surface area contributed by atoms with E-state index in [4.69, 9.17) is 11.6 Å². The van der Waals surface area contributed by atoms with E-state index in [1.54, 1.807) is 12.3 Å². The van der Waals surface area contributed by atoms with E-state index in [2.05, 4.69) is 9.80 Å². The third-order valence-electron chi connectivity index (χ3n) is 3.55. The second-order valence-electron chi connectivity index (χ2n) is 5.00. The van der Waals surface area contributed by atoms with Crippen molar-refractivity contribution in [2.75, 3.05) is 49.6 Å². The minimum Gasteiger partial charge on any atom is -0.368 e. The van der Waals surface area contributed by atoms with Gasteiger partial charge in [0.2, 0.25) is 0 Å². The van der Waals surface area contributed by atoms with Crippen LogP contribution in [0, 0.1) is 10.1 Å². The smallest absolute Gasteiger partial charge is 0.271 e. The van der Waals surface area contributed by atoms with Crippen LogP contribution < -0.4 is 4.90 Å². The van der Waals surface area contributed by atoms with Crippen LogP contribution in [0.25, 0.3) is 0 Å². The van der Waals surface area contributed by atoms with Crippen molar-refractivity contribution in [1.82, 2.24) is 4.90 Å². The van der Waals surface area contributed by atoms with E-state index in [1.807, 2.05) is 0 Å². The quantitative estimate of drug-likeness (QED) is 0.607. The van der Waals surface area contributed by atoms with Crippen LogP contribution in [-0.4, -0.2) is 58.8 Å². The Morgan fingerprint density at radius 1 is 1.33 bits per heavy atom. The Morgan fingerprint density at radius 2 is 2.00 bits per heavy atom. The Morgan fingerprint density at radius 3 is 2.52 bits per heavy atom. The van der Waals surface area contributed by atoms with Crippen molar-refractivity contribution >= 4 is 33.8 Å². The minimum absolute atomic E-state index is 0.00723. The Balaban J connectivity index is 1.96. The first-order chi connectivity index (χ1) is 9.97. The molecule has 1 saturated heterocycles. The van der Waals surface area contributed by atoms with Crippen molar-refractivity contribution in [3.05, 3.63) is 33.3 Å². The van der Waals surface area contributed by atoms with Gasteiger partial charge in [0.25, 0.3) is 5.69 Å². The summed E-state index contributed by atoms with van der Waals surface area (Å²) in [6, 6.07) is 4.58. The number of piperazine rings is 1. The lowest BCUT2D eigenvalue weighted by Gasteiger charge is -2.36. The van der Waals surface area contributed by atoms with E-state index in [-0.39, 0.29) is 5.69 Å². The second kappa shape index (κ2) is 7.20. The summed E-state index contributed by atoms with van der Waals surface area (Å²) in [6.07, 6.45) is 1.72. The van der Waals surface area contributed by atoms with Crippen LogP contribution in [0.3, 0.4) is 0 Å². The lowest BCUT2D eigenvalue weighted by molar-refractivity contribution is -0.384. The molecular formula is C13H18ClN3O3S. The predicted molar refractivity (Wildman–Crippen MR) is 85.7 cm³/mol. The van der Waals surface area contributed by atoms with E-state index < -0.39 is 15.7 Å². The average molecular weight is 332 g/mol. The van der Waals surface area contributed by atoms with Gasteiger partial charge in [-0.05, 0) is 6.07 Å². The molecule has 1 aliphatic rings. The largest absolute Gasteiger partial charge is 0.368 e. The monoisotopic (exact) mass is 331 g/mol. The van der Waals surface area contributed by atoms with Gasteiger partial charge in [0.1, 0.15) is 0 Å². The number of nitrogens with zero attached hydrogens (tertiary/aromatic N) is 3. The number of benzene rings is 1. The molecule has 1 fully saturated rings. The summed E-state index contributed by atoms with van der Waals surface area (Å²) in [5, 5.41) is 11.1. The molecule has 1 aliphatic heterocycles. The molecular weight excluding hydrogens is 314 g/mol. The maximum atomic E-state index is 11.1. The average Bonchev–Trinajstić information content (AvgIpc) is 2.45. The molecule has 21 heavy (non-hydrogen) atoms. The van der Waals surface area contributed by atoms with Crippen molar-refractivity contribution in [2.24, 2.45) is 0 Å². The number of nitro groups is 1. The van der Waals surface area contributed by atoms with Crippen molar-refractivity contribution in [2.45, 2.75) is 0 Å². The van der Waals surface area contributed by atoms with Crippen LogP contribution >= 0.6 is 11.6 Å². The number of halogens is 1. The van der Waals surface area contributed by atoms with Crippen LogP contribution in [0.2, 0.25) is 5.02 Å². The summed E-state index contributed by atoms with van der Waals surface area (Å²) >= 11 is 6.15.